The van der Waals surface area contributed by atoms with Gasteiger partial charge in [-0.1, -0.05) is 13.3 Å². The molecule has 0 spiro atoms. The summed E-state index contributed by atoms with van der Waals surface area (Å²) in [6.45, 7) is 13.2. The lowest BCUT2D eigenvalue weighted by Gasteiger charge is -2.46. The van der Waals surface area contributed by atoms with Crippen LogP contribution in [-0.2, 0) is 0 Å². The van der Waals surface area contributed by atoms with E-state index >= 15 is 0 Å². The van der Waals surface area contributed by atoms with Crippen LogP contribution in [0.3, 0.4) is 0 Å². The Kier molecular flexibility index (Phi) is 4.68. The number of nitrogens with zero attached hydrogens (tertiary/aromatic N) is 2. The van der Waals surface area contributed by atoms with E-state index in [-0.39, 0.29) is 0 Å². The first-order valence-corrected chi connectivity index (χ1v) is 7.68. The lowest BCUT2D eigenvalue weighted by Crippen LogP contribution is -2.59. The molecule has 2 rings (SSSR count). The van der Waals surface area contributed by atoms with E-state index in [1.807, 2.05) is 0 Å². The van der Waals surface area contributed by atoms with E-state index in [1.165, 1.54) is 52.0 Å². The molecule has 3 nitrogen and oxygen atoms in total. The summed E-state index contributed by atoms with van der Waals surface area (Å²) in [5.74, 6) is 0.955. The smallest absolute Gasteiger partial charge is 0.0277 e. The van der Waals surface area contributed by atoms with Gasteiger partial charge < -0.3 is 5.32 Å². The van der Waals surface area contributed by atoms with Crippen LogP contribution in [0.1, 0.15) is 40.0 Å². The van der Waals surface area contributed by atoms with Crippen LogP contribution in [0.4, 0.5) is 0 Å². The monoisotopic (exact) mass is 253 g/mol. The first kappa shape index (κ1) is 14.3. The van der Waals surface area contributed by atoms with Gasteiger partial charge in [0.1, 0.15) is 0 Å². The molecule has 0 aromatic carbocycles. The normalized spacial score (nSPS) is 34.7. The van der Waals surface area contributed by atoms with Gasteiger partial charge in [0.05, 0.1) is 0 Å². The standard InChI is InChI=1S/C15H31N3/c1-5-13-6-7-16-14(10-13)11-18-9-8-17(4)15(2,3)12-18/h13-14,16H,5-12H2,1-4H3. The van der Waals surface area contributed by atoms with Crippen molar-refractivity contribution >= 4 is 0 Å². The largest absolute Gasteiger partial charge is 0.313 e. The van der Waals surface area contributed by atoms with Crippen LogP contribution >= 0.6 is 0 Å². The second-order valence-electron chi connectivity index (χ2n) is 6.92. The van der Waals surface area contributed by atoms with Crippen LogP contribution in [0, 0.1) is 5.92 Å². The Hall–Kier alpha value is -0.120. The lowest BCUT2D eigenvalue weighted by molar-refractivity contribution is 0.0320. The molecule has 2 heterocycles. The number of hydrogen-bond donors (Lipinski definition) is 1. The first-order chi connectivity index (χ1) is 8.51. The molecule has 0 bridgehead atoms. The van der Waals surface area contributed by atoms with E-state index in [1.54, 1.807) is 0 Å². The minimum absolute atomic E-state index is 0.330. The van der Waals surface area contributed by atoms with E-state index in [2.05, 4.69) is 42.9 Å². The van der Waals surface area contributed by atoms with Crippen LogP contribution in [0.2, 0.25) is 0 Å². The van der Waals surface area contributed by atoms with Gasteiger partial charge in [0.25, 0.3) is 0 Å². The molecule has 0 aromatic rings. The van der Waals surface area contributed by atoms with E-state index in [0.717, 1.165) is 12.0 Å². The van der Waals surface area contributed by atoms with Gasteiger partial charge in [-0.15, -0.1) is 0 Å². The summed E-state index contributed by atoms with van der Waals surface area (Å²) in [6, 6.07) is 0.725. The molecule has 0 radical (unpaired) electrons. The summed E-state index contributed by atoms with van der Waals surface area (Å²) < 4.78 is 0. The van der Waals surface area contributed by atoms with Gasteiger partial charge in [-0.05, 0) is 46.2 Å². The predicted octanol–water partition coefficient (Wildman–Crippen LogP) is 1.79. The number of rotatable bonds is 3. The van der Waals surface area contributed by atoms with Gasteiger partial charge in [-0.2, -0.15) is 0 Å². The van der Waals surface area contributed by atoms with Crippen molar-refractivity contribution in [3.05, 3.63) is 0 Å². The zero-order valence-electron chi connectivity index (χ0n) is 12.7. The van der Waals surface area contributed by atoms with E-state index in [9.17, 15) is 0 Å². The molecule has 2 unspecified atom stereocenters. The van der Waals surface area contributed by atoms with Crippen molar-refractivity contribution in [1.82, 2.24) is 15.1 Å². The van der Waals surface area contributed by atoms with Crippen LogP contribution in [0.25, 0.3) is 0 Å². The molecule has 2 aliphatic rings. The highest BCUT2D eigenvalue weighted by Gasteiger charge is 2.32. The molecule has 2 atom stereocenters. The zero-order chi connectivity index (χ0) is 13.2. The summed E-state index contributed by atoms with van der Waals surface area (Å²) in [4.78, 5) is 5.16. The highest BCUT2D eigenvalue weighted by atomic mass is 15.3. The number of likely N-dealkylation sites (N-methyl/N-ethyl adjacent to an activating group) is 1. The molecule has 0 aromatic heterocycles. The fourth-order valence-electron chi connectivity index (χ4n) is 3.41. The number of nitrogens with one attached hydrogen (secondary N) is 1. The fraction of sp³-hybridized carbons (Fsp3) is 1.00. The Morgan fingerprint density at radius 1 is 1.28 bits per heavy atom. The maximum absolute atomic E-state index is 3.71. The molecule has 2 saturated heterocycles. The summed E-state index contributed by atoms with van der Waals surface area (Å²) in [5.41, 5.74) is 0.330. The topological polar surface area (TPSA) is 18.5 Å². The van der Waals surface area contributed by atoms with Crippen molar-refractivity contribution in [2.24, 2.45) is 5.92 Å². The third-order valence-electron chi connectivity index (χ3n) is 5.05. The van der Waals surface area contributed by atoms with E-state index in [4.69, 9.17) is 0 Å². The Morgan fingerprint density at radius 2 is 2.06 bits per heavy atom. The van der Waals surface area contributed by atoms with Crippen LogP contribution in [0.5, 0.6) is 0 Å². The summed E-state index contributed by atoms with van der Waals surface area (Å²) in [7, 11) is 2.25. The molecule has 0 aliphatic carbocycles. The minimum atomic E-state index is 0.330. The summed E-state index contributed by atoms with van der Waals surface area (Å²) in [5, 5.41) is 3.71. The van der Waals surface area contributed by atoms with Gasteiger partial charge >= 0.3 is 0 Å². The van der Waals surface area contributed by atoms with Crippen molar-refractivity contribution in [3.8, 4) is 0 Å². The second kappa shape index (κ2) is 5.89. The first-order valence-electron chi connectivity index (χ1n) is 7.68. The minimum Gasteiger partial charge on any atom is -0.313 e. The summed E-state index contributed by atoms with van der Waals surface area (Å²) >= 11 is 0. The highest BCUT2D eigenvalue weighted by molar-refractivity contribution is 4.90. The molecular formula is C15H31N3. The van der Waals surface area contributed by atoms with Crippen molar-refractivity contribution in [2.75, 3.05) is 39.8 Å². The third-order valence-corrected chi connectivity index (χ3v) is 5.05. The van der Waals surface area contributed by atoms with Crippen molar-refractivity contribution in [2.45, 2.75) is 51.6 Å². The molecule has 106 valence electrons. The average molecular weight is 253 g/mol. The fourth-order valence-corrected chi connectivity index (χ4v) is 3.41. The van der Waals surface area contributed by atoms with Gasteiger partial charge in [0.2, 0.25) is 0 Å². The van der Waals surface area contributed by atoms with E-state index < -0.39 is 0 Å². The molecule has 2 fully saturated rings. The third kappa shape index (κ3) is 3.46. The average Bonchev–Trinajstić information content (AvgIpc) is 2.34. The van der Waals surface area contributed by atoms with Crippen molar-refractivity contribution < 1.29 is 0 Å². The van der Waals surface area contributed by atoms with Crippen molar-refractivity contribution in [3.63, 3.8) is 0 Å². The van der Waals surface area contributed by atoms with Gasteiger partial charge in [-0.3, -0.25) is 9.80 Å². The van der Waals surface area contributed by atoms with Gasteiger partial charge in [0, 0.05) is 37.8 Å². The Labute approximate surface area is 113 Å². The summed E-state index contributed by atoms with van der Waals surface area (Å²) in [6.07, 6.45) is 4.11. The van der Waals surface area contributed by atoms with Gasteiger partial charge in [0.15, 0.2) is 0 Å². The molecule has 18 heavy (non-hydrogen) atoms. The van der Waals surface area contributed by atoms with E-state index in [0.29, 0.717) is 5.54 Å². The van der Waals surface area contributed by atoms with Crippen LogP contribution in [-0.4, -0.2) is 61.2 Å². The Morgan fingerprint density at radius 3 is 2.72 bits per heavy atom. The maximum Gasteiger partial charge on any atom is 0.0277 e. The molecule has 0 amide bonds. The quantitative estimate of drug-likeness (QED) is 0.827. The number of hydrogen-bond acceptors (Lipinski definition) is 3. The lowest BCUT2D eigenvalue weighted by atomic mass is 9.89. The maximum atomic E-state index is 3.71. The van der Waals surface area contributed by atoms with Crippen LogP contribution in [0.15, 0.2) is 0 Å². The number of piperazine rings is 1. The molecule has 2 aliphatic heterocycles. The van der Waals surface area contributed by atoms with Crippen molar-refractivity contribution in [1.29, 1.82) is 0 Å². The molecular weight excluding hydrogens is 222 g/mol. The Bertz CT molecular complexity index is 264. The zero-order valence-corrected chi connectivity index (χ0v) is 12.7. The van der Waals surface area contributed by atoms with Crippen LogP contribution < -0.4 is 5.32 Å². The van der Waals surface area contributed by atoms with Gasteiger partial charge in [-0.25, -0.2) is 0 Å². The predicted molar refractivity (Wildman–Crippen MR) is 78.0 cm³/mol. The molecule has 1 N–H and O–H groups in total. The molecule has 0 saturated carbocycles. The molecule has 3 heteroatoms. The highest BCUT2D eigenvalue weighted by Crippen LogP contribution is 2.22. The SMILES string of the molecule is CCC1CCNC(CN2CCN(C)C(C)(C)C2)C1. The Balaban J connectivity index is 1.82. The second-order valence-corrected chi connectivity index (χ2v) is 6.92. The number of piperidine rings is 1.